The zero-order chi connectivity index (χ0) is 22.6. The minimum atomic E-state index is -0.129. The van der Waals surface area contributed by atoms with Crippen LogP contribution in [0.2, 0.25) is 0 Å². The van der Waals surface area contributed by atoms with E-state index in [2.05, 4.69) is 36.7 Å². The molecule has 0 aromatic rings. The second-order valence-electron chi connectivity index (χ2n) is 5.97. The fraction of sp³-hybridized carbons (Fsp3) is 0.900. The number of urea groups is 1. The van der Waals surface area contributed by atoms with Gasteiger partial charge in [-0.25, -0.2) is 4.79 Å². The third-order valence-corrected chi connectivity index (χ3v) is 3.23. The molecule has 1 aliphatic rings. The van der Waals surface area contributed by atoms with E-state index >= 15 is 0 Å². The molecule has 1 fully saturated rings. The minimum absolute atomic E-state index is 0. The number of rotatable bonds is 11. The van der Waals surface area contributed by atoms with Crippen molar-refractivity contribution in [2.45, 2.75) is 40.0 Å². The van der Waals surface area contributed by atoms with Crippen LogP contribution in [0, 0.1) is 12.8 Å². The zero-order valence-corrected chi connectivity index (χ0v) is 21.5. The topological polar surface area (TPSA) is 147 Å². The predicted octanol–water partition coefficient (Wildman–Crippen LogP) is 3.41. The van der Waals surface area contributed by atoms with Gasteiger partial charge in [0.05, 0.1) is 26.4 Å². The molecule has 1 heterocycles. The van der Waals surface area contributed by atoms with E-state index < -0.39 is 0 Å². The summed E-state index contributed by atoms with van der Waals surface area (Å²) in [6.45, 7) is 15.4. The fourth-order valence-corrected chi connectivity index (χ4v) is 1.95. The first-order valence-electron chi connectivity index (χ1n) is 10.7. The van der Waals surface area contributed by atoms with Crippen molar-refractivity contribution in [3.63, 3.8) is 0 Å². The van der Waals surface area contributed by atoms with Gasteiger partial charge >= 0.3 is 27.1 Å². The first-order valence-corrected chi connectivity index (χ1v) is 10.7. The van der Waals surface area contributed by atoms with E-state index in [1.165, 1.54) is 6.42 Å². The summed E-state index contributed by atoms with van der Waals surface area (Å²) in [5, 5.41) is 9.94. The van der Waals surface area contributed by atoms with Gasteiger partial charge in [0.25, 0.3) is 0 Å². The van der Waals surface area contributed by atoms with Gasteiger partial charge in [-0.3, -0.25) is 0 Å². The third kappa shape index (κ3) is 35.2. The monoisotopic (exact) mass is 613 g/mol. The molecule has 1 saturated heterocycles. The Balaban J connectivity index is -0.000000289. The first-order chi connectivity index (χ1) is 14.2. The van der Waals surface area contributed by atoms with Crippen molar-refractivity contribution in [3.8, 4) is 0 Å². The molecule has 1 rings (SSSR count). The molecule has 10 heteroatoms. The number of carbonyl (C=O) groups is 1. The average molecular weight is 614 g/mol. The molecule has 0 spiro atoms. The number of amides is 2. The second kappa shape index (κ2) is 36.1. The summed E-state index contributed by atoms with van der Waals surface area (Å²) in [4.78, 5) is 11.5. The fourth-order valence-electron chi connectivity index (χ4n) is 1.95. The van der Waals surface area contributed by atoms with Crippen molar-refractivity contribution in [1.29, 1.82) is 0 Å². The van der Waals surface area contributed by atoms with E-state index in [-0.39, 0.29) is 40.2 Å². The van der Waals surface area contributed by atoms with E-state index in [0.717, 1.165) is 32.5 Å². The van der Waals surface area contributed by atoms with Crippen molar-refractivity contribution >= 4 is 6.03 Å². The molecule has 0 radical (unpaired) electrons. The summed E-state index contributed by atoms with van der Waals surface area (Å²) in [5.41, 5.74) is 17.8. The van der Waals surface area contributed by atoms with Gasteiger partial charge < -0.3 is 49.5 Å². The maximum absolute atomic E-state index is 11.5. The van der Waals surface area contributed by atoms with Crippen molar-refractivity contribution in [3.05, 3.63) is 23.7 Å². The average Bonchev–Trinajstić information content (AvgIpc) is 2.77. The Hall–Kier alpha value is -0.282. The van der Waals surface area contributed by atoms with E-state index in [4.69, 9.17) is 26.7 Å². The van der Waals surface area contributed by atoms with Crippen LogP contribution in [0.25, 0.3) is 16.8 Å². The zero-order valence-electron chi connectivity index (χ0n) is 19.2. The maximum atomic E-state index is 11.5. The van der Waals surface area contributed by atoms with Crippen molar-refractivity contribution in [2.75, 3.05) is 72.2 Å². The smallest absolute Gasteiger partial charge is 0.679 e. The van der Waals surface area contributed by atoms with Crippen LogP contribution in [0.4, 0.5) is 4.79 Å². The number of ether oxygens (including phenoxy) is 2. The molecule has 0 aliphatic carbocycles. The number of hydrogen-bond donors (Lipinski definition) is 3. The van der Waals surface area contributed by atoms with E-state index in [1.54, 1.807) is 6.92 Å². The molecule has 0 atom stereocenters. The van der Waals surface area contributed by atoms with E-state index in [0.29, 0.717) is 45.4 Å². The molecule has 0 aromatic carbocycles. The summed E-state index contributed by atoms with van der Waals surface area (Å²) >= 11 is 0. The molecule has 0 saturated carbocycles. The standard InChI is InChI=1S/C13H27N4O3.C3H8.C2H6N2.C2H5.Pt/c14-3-7-19-9-10-20-8-6-16-13(18)17-11-12-1-4-15-5-2-12;1-3-2;3-1-2-4;1-2;/h12H,1-11,14H2,(H2,16,17,18);3H2,1-2H3;3-4H,1-2H2;1H2,2H3;/q-1;;-2;-1;+4. The van der Waals surface area contributed by atoms with Gasteiger partial charge in [0.15, 0.2) is 0 Å². The molecule has 9 nitrogen and oxygen atoms in total. The Morgan fingerprint density at radius 1 is 1.03 bits per heavy atom. The Kier molecular flexibility index (Phi) is 44.6. The van der Waals surface area contributed by atoms with Gasteiger partial charge in [-0.15, -0.1) is 13.1 Å². The number of nitrogens with two attached hydrogens (primary N) is 1. The quantitative estimate of drug-likeness (QED) is 0.242. The van der Waals surface area contributed by atoms with Crippen LogP contribution in [0.3, 0.4) is 0 Å². The van der Waals surface area contributed by atoms with Crippen molar-refractivity contribution in [2.24, 2.45) is 11.7 Å². The molecule has 6 N–H and O–H groups in total. The van der Waals surface area contributed by atoms with Crippen LogP contribution in [-0.2, 0) is 30.5 Å². The molecule has 184 valence electrons. The van der Waals surface area contributed by atoms with Gasteiger partial charge in [0.2, 0.25) is 0 Å². The Bertz CT molecular complexity index is 298. The third-order valence-electron chi connectivity index (χ3n) is 3.23. The summed E-state index contributed by atoms with van der Waals surface area (Å²) in [6.07, 6.45) is 3.40. The van der Waals surface area contributed by atoms with E-state index in [1.807, 2.05) is 0 Å². The number of nitrogens with one attached hydrogen (secondary N) is 4. The largest absolute Gasteiger partial charge is 4.00 e. The normalized spacial score (nSPS) is 12.5. The first kappa shape index (κ1) is 37.1. The SMILES string of the molecule is CCC.NCCOCCOCCNC(=O)NCC1CC[N-]CC1.[CH2-]C.[NH-]CC[NH-].[Pt+4]. The number of piperidine rings is 1. The van der Waals surface area contributed by atoms with Gasteiger partial charge in [-0.2, -0.15) is 20.0 Å². The van der Waals surface area contributed by atoms with E-state index in [9.17, 15) is 4.79 Å². The number of carbonyl (C=O) groups excluding carboxylic acids is 1. The second-order valence-corrected chi connectivity index (χ2v) is 5.97. The van der Waals surface area contributed by atoms with Crippen LogP contribution < -0.4 is 16.4 Å². The van der Waals surface area contributed by atoms with Gasteiger partial charge in [-0.05, 0) is 5.92 Å². The van der Waals surface area contributed by atoms with Crippen LogP contribution >= 0.6 is 0 Å². The summed E-state index contributed by atoms with van der Waals surface area (Å²) in [7, 11) is 0. The predicted molar refractivity (Wildman–Crippen MR) is 123 cm³/mol. The Morgan fingerprint density at radius 2 is 1.53 bits per heavy atom. The van der Waals surface area contributed by atoms with Crippen LogP contribution in [0.1, 0.15) is 40.0 Å². The minimum Gasteiger partial charge on any atom is -0.679 e. The Labute approximate surface area is 199 Å². The van der Waals surface area contributed by atoms with Crippen molar-refractivity contribution < 1.29 is 35.3 Å². The Morgan fingerprint density at radius 3 is 2.00 bits per heavy atom. The van der Waals surface area contributed by atoms with Crippen LogP contribution in [0.5, 0.6) is 0 Å². The number of hydrogen-bond acceptors (Lipinski definition) is 4. The molecule has 2 amide bonds. The molecule has 0 unspecified atom stereocenters. The summed E-state index contributed by atoms with van der Waals surface area (Å²) < 4.78 is 10.5. The molecule has 30 heavy (non-hydrogen) atoms. The molecule has 0 aromatic heterocycles. The molecular weight excluding hydrogens is 567 g/mol. The van der Waals surface area contributed by atoms with Gasteiger partial charge in [0, 0.05) is 19.6 Å². The molecule has 1 aliphatic heterocycles. The maximum Gasteiger partial charge on any atom is 4.00 e. The van der Waals surface area contributed by atoms with Gasteiger partial charge in [-0.1, -0.05) is 33.1 Å². The molecule has 0 bridgehead atoms. The van der Waals surface area contributed by atoms with Gasteiger partial charge in [0.1, 0.15) is 0 Å². The van der Waals surface area contributed by atoms with Crippen LogP contribution in [0.15, 0.2) is 0 Å². The van der Waals surface area contributed by atoms with Crippen LogP contribution in [-0.4, -0.2) is 78.3 Å². The summed E-state index contributed by atoms with van der Waals surface area (Å²) in [5.74, 6) is 0.564. The number of nitrogens with zero attached hydrogens (tertiary/aromatic N) is 1. The molecular formula is C20H46N6O3Pt. The van der Waals surface area contributed by atoms with Crippen molar-refractivity contribution in [1.82, 2.24) is 10.6 Å². The summed E-state index contributed by atoms with van der Waals surface area (Å²) in [6, 6.07) is -0.129.